The van der Waals surface area contributed by atoms with Crippen LogP contribution >= 0.6 is 0 Å². The van der Waals surface area contributed by atoms with Gasteiger partial charge in [-0.15, -0.1) is 0 Å². The number of nitrogens with two attached hydrogens (primary N) is 1. The number of hydrogen-bond donors (Lipinski definition) is 3. The molecular formula is C12H11N7O2. The van der Waals surface area contributed by atoms with Crippen molar-refractivity contribution in [2.75, 3.05) is 11.1 Å². The van der Waals surface area contributed by atoms with Gasteiger partial charge in [0.1, 0.15) is 5.52 Å². The number of rotatable bonds is 4. The van der Waals surface area contributed by atoms with Gasteiger partial charge in [0.2, 0.25) is 5.95 Å². The summed E-state index contributed by atoms with van der Waals surface area (Å²) < 4.78 is 0. The number of nitrogen functional groups attached to an aromatic ring is 1. The first-order valence-electron chi connectivity index (χ1n) is 6.07. The zero-order valence-electron chi connectivity index (χ0n) is 10.8. The topological polar surface area (TPSA) is 136 Å². The molecule has 0 bridgehead atoms. The SMILES string of the molecule is Nc1nc(NCc2cccc([N+](=O)[O-])c2)c2[nH]cnc2n1. The quantitative estimate of drug-likeness (QED) is 0.487. The van der Waals surface area contributed by atoms with Crippen LogP contribution in [0.25, 0.3) is 11.2 Å². The average molecular weight is 285 g/mol. The van der Waals surface area contributed by atoms with Crippen molar-refractivity contribution in [2.45, 2.75) is 6.54 Å². The van der Waals surface area contributed by atoms with Gasteiger partial charge in [0.05, 0.1) is 11.3 Å². The van der Waals surface area contributed by atoms with Crippen LogP contribution < -0.4 is 11.1 Å². The highest BCUT2D eigenvalue weighted by molar-refractivity contribution is 5.83. The second-order valence-electron chi connectivity index (χ2n) is 4.31. The highest BCUT2D eigenvalue weighted by Crippen LogP contribution is 2.19. The number of nitrogens with zero attached hydrogens (tertiary/aromatic N) is 4. The molecule has 0 aliphatic carbocycles. The molecule has 0 atom stereocenters. The third kappa shape index (κ3) is 2.56. The predicted molar refractivity (Wildman–Crippen MR) is 76.5 cm³/mol. The molecule has 0 saturated heterocycles. The van der Waals surface area contributed by atoms with E-state index in [9.17, 15) is 10.1 Å². The lowest BCUT2D eigenvalue weighted by Gasteiger charge is -2.07. The molecule has 0 saturated carbocycles. The van der Waals surface area contributed by atoms with Crippen LogP contribution in [0.2, 0.25) is 0 Å². The van der Waals surface area contributed by atoms with E-state index in [0.29, 0.717) is 23.5 Å². The number of non-ortho nitro benzene ring substituents is 1. The molecule has 4 N–H and O–H groups in total. The number of aromatic nitrogens is 4. The molecule has 0 radical (unpaired) electrons. The van der Waals surface area contributed by atoms with Crippen LogP contribution in [0.4, 0.5) is 17.5 Å². The molecule has 0 fully saturated rings. The van der Waals surface area contributed by atoms with Crippen LogP contribution in [-0.2, 0) is 6.54 Å². The van der Waals surface area contributed by atoms with Crippen molar-refractivity contribution in [1.82, 2.24) is 19.9 Å². The number of nitro benzene ring substituents is 1. The minimum absolute atomic E-state index is 0.0446. The second kappa shape index (κ2) is 5.04. The van der Waals surface area contributed by atoms with Crippen molar-refractivity contribution < 1.29 is 4.92 Å². The minimum Gasteiger partial charge on any atom is -0.368 e. The summed E-state index contributed by atoms with van der Waals surface area (Å²) in [7, 11) is 0. The van der Waals surface area contributed by atoms with Gasteiger partial charge in [0.15, 0.2) is 11.5 Å². The van der Waals surface area contributed by atoms with Crippen LogP contribution in [0.1, 0.15) is 5.56 Å². The lowest BCUT2D eigenvalue weighted by molar-refractivity contribution is -0.384. The zero-order valence-corrected chi connectivity index (χ0v) is 10.8. The Hall–Kier alpha value is -3.23. The smallest absolute Gasteiger partial charge is 0.269 e. The summed E-state index contributed by atoms with van der Waals surface area (Å²) in [6.45, 7) is 0.367. The normalized spacial score (nSPS) is 10.7. The number of hydrogen-bond acceptors (Lipinski definition) is 7. The summed E-state index contributed by atoms with van der Waals surface area (Å²) in [5.74, 6) is 0.609. The summed E-state index contributed by atoms with van der Waals surface area (Å²) in [4.78, 5) is 25.3. The lowest BCUT2D eigenvalue weighted by atomic mass is 10.2. The van der Waals surface area contributed by atoms with Gasteiger partial charge in [-0.3, -0.25) is 10.1 Å². The molecule has 106 valence electrons. The average Bonchev–Trinajstić information content (AvgIpc) is 2.93. The van der Waals surface area contributed by atoms with Gasteiger partial charge in [-0.05, 0) is 5.56 Å². The Morgan fingerprint density at radius 2 is 2.24 bits per heavy atom. The standard InChI is InChI=1S/C12H11N7O2/c13-12-17-10(9-11(18-12)16-6-15-9)14-5-7-2-1-3-8(4-7)19(20)21/h1-4,6H,5H2,(H4,13,14,15,16,17,18). The van der Waals surface area contributed by atoms with E-state index in [1.807, 2.05) is 0 Å². The van der Waals surface area contributed by atoms with Crippen molar-refractivity contribution in [3.8, 4) is 0 Å². The Kier molecular flexibility index (Phi) is 3.07. The molecule has 0 amide bonds. The van der Waals surface area contributed by atoms with Crippen LogP contribution in [0.15, 0.2) is 30.6 Å². The lowest BCUT2D eigenvalue weighted by Crippen LogP contribution is -2.05. The van der Waals surface area contributed by atoms with Gasteiger partial charge in [0, 0.05) is 18.7 Å². The number of fused-ring (bicyclic) bond motifs is 1. The first kappa shape index (κ1) is 12.8. The van der Waals surface area contributed by atoms with Gasteiger partial charge in [-0.2, -0.15) is 9.97 Å². The Balaban J connectivity index is 1.85. The highest BCUT2D eigenvalue weighted by atomic mass is 16.6. The number of imidazole rings is 1. The van der Waals surface area contributed by atoms with Crippen molar-refractivity contribution >= 4 is 28.6 Å². The van der Waals surface area contributed by atoms with E-state index in [4.69, 9.17) is 5.73 Å². The third-order valence-electron chi connectivity index (χ3n) is 2.88. The predicted octanol–water partition coefficient (Wildman–Crippen LogP) is 1.46. The molecule has 9 nitrogen and oxygen atoms in total. The van der Waals surface area contributed by atoms with Gasteiger partial charge >= 0.3 is 0 Å². The second-order valence-corrected chi connectivity index (χ2v) is 4.31. The van der Waals surface area contributed by atoms with Crippen LogP contribution in [0, 0.1) is 10.1 Å². The summed E-state index contributed by atoms with van der Waals surface area (Å²) in [5, 5.41) is 13.8. The Bertz CT molecular complexity index is 814. The van der Waals surface area contributed by atoms with Crippen molar-refractivity contribution in [3.63, 3.8) is 0 Å². The Labute approximate surface area is 118 Å². The molecule has 2 aromatic heterocycles. The van der Waals surface area contributed by atoms with Crippen LogP contribution in [-0.4, -0.2) is 24.9 Å². The maximum absolute atomic E-state index is 10.7. The maximum Gasteiger partial charge on any atom is 0.269 e. The van der Waals surface area contributed by atoms with E-state index in [1.54, 1.807) is 12.1 Å². The molecule has 3 rings (SSSR count). The molecular weight excluding hydrogens is 274 g/mol. The Morgan fingerprint density at radius 1 is 1.38 bits per heavy atom. The molecule has 0 aliphatic rings. The molecule has 0 unspecified atom stereocenters. The van der Waals surface area contributed by atoms with E-state index in [1.165, 1.54) is 18.5 Å². The van der Waals surface area contributed by atoms with E-state index in [-0.39, 0.29) is 11.6 Å². The largest absolute Gasteiger partial charge is 0.368 e. The van der Waals surface area contributed by atoms with E-state index in [0.717, 1.165) is 5.56 Å². The number of nitrogens with one attached hydrogen (secondary N) is 2. The summed E-state index contributed by atoms with van der Waals surface area (Å²) in [6, 6.07) is 6.37. The van der Waals surface area contributed by atoms with Gasteiger partial charge in [-0.25, -0.2) is 4.98 Å². The summed E-state index contributed by atoms with van der Waals surface area (Å²) in [5.41, 5.74) is 7.51. The first-order chi connectivity index (χ1) is 10.1. The number of benzene rings is 1. The number of nitro groups is 1. The summed E-state index contributed by atoms with van der Waals surface area (Å²) >= 11 is 0. The number of H-pyrrole nitrogens is 1. The first-order valence-corrected chi connectivity index (χ1v) is 6.07. The van der Waals surface area contributed by atoms with Crippen molar-refractivity contribution in [1.29, 1.82) is 0 Å². The molecule has 0 spiro atoms. The fraction of sp³-hybridized carbons (Fsp3) is 0.0833. The molecule has 3 aromatic rings. The summed E-state index contributed by atoms with van der Waals surface area (Å²) in [6.07, 6.45) is 1.50. The van der Waals surface area contributed by atoms with E-state index >= 15 is 0 Å². The van der Waals surface area contributed by atoms with Crippen LogP contribution in [0.5, 0.6) is 0 Å². The number of anilines is 2. The third-order valence-corrected chi connectivity index (χ3v) is 2.88. The highest BCUT2D eigenvalue weighted by Gasteiger charge is 2.09. The molecule has 9 heteroatoms. The minimum atomic E-state index is -0.431. The van der Waals surface area contributed by atoms with Gasteiger partial charge < -0.3 is 16.0 Å². The van der Waals surface area contributed by atoms with E-state index in [2.05, 4.69) is 25.3 Å². The van der Waals surface area contributed by atoms with Crippen molar-refractivity contribution in [2.24, 2.45) is 0 Å². The maximum atomic E-state index is 10.7. The fourth-order valence-corrected chi connectivity index (χ4v) is 1.94. The fourth-order valence-electron chi connectivity index (χ4n) is 1.94. The van der Waals surface area contributed by atoms with E-state index < -0.39 is 4.92 Å². The van der Waals surface area contributed by atoms with Crippen LogP contribution in [0.3, 0.4) is 0 Å². The van der Waals surface area contributed by atoms with Gasteiger partial charge in [-0.1, -0.05) is 12.1 Å². The monoisotopic (exact) mass is 285 g/mol. The molecule has 2 heterocycles. The van der Waals surface area contributed by atoms with Gasteiger partial charge in [0.25, 0.3) is 5.69 Å². The number of aromatic amines is 1. The molecule has 1 aromatic carbocycles. The van der Waals surface area contributed by atoms with Crippen molar-refractivity contribution in [3.05, 3.63) is 46.3 Å². The Morgan fingerprint density at radius 3 is 3.05 bits per heavy atom. The zero-order chi connectivity index (χ0) is 14.8. The molecule has 21 heavy (non-hydrogen) atoms. The molecule has 0 aliphatic heterocycles.